The Balaban J connectivity index is 2.31. The van der Waals surface area contributed by atoms with Gasteiger partial charge in [-0.3, -0.25) is 5.10 Å². The van der Waals surface area contributed by atoms with Gasteiger partial charge < -0.3 is 9.47 Å². The maximum absolute atomic E-state index is 5.40. The summed E-state index contributed by atoms with van der Waals surface area (Å²) in [5.41, 5.74) is 4.72. The van der Waals surface area contributed by atoms with Crippen LogP contribution in [0.4, 0.5) is 0 Å². The third-order valence-corrected chi connectivity index (χ3v) is 3.90. The first-order valence-electron chi connectivity index (χ1n) is 6.86. The number of aryl methyl sites for hydroxylation is 2. The van der Waals surface area contributed by atoms with Crippen molar-refractivity contribution in [1.29, 1.82) is 0 Å². The van der Waals surface area contributed by atoms with Crippen LogP contribution in [0.2, 0.25) is 0 Å². The second-order valence-corrected chi connectivity index (χ2v) is 5.49. The van der Waals surface area contributed by atoms with Crippen LogP contribution in [0.3, 0.4) is 0 Å². The van der Waals surface area contributed by atoms with E-state index in [0.717, 1.165) is 28.2 Å². The highest BCUT2D eigenvalue weighted by atomic mass is 32.1. The molecule has 0 saturated heterocycles. The Labute approximate surface area is 133 Å². The minimum absolute atomic E-state index is 0.685. The lowest BCUT2D eigenvalue weighted by molar-refractivity contribution is 0.355. The van der Waals surface area contributed by atoms with Crippen LogP contribution in [-0.2, 0) is 0 Å². The van der Waals surface area contributed by atoms with Gasteiger partial charge in [0, 0.05) is 17.0 Å². The van der Waals surface area contributed by atoms with E-state index in [4.69, 9.17) is 21.7 Å². The number of benzene rings is 1. The maximum atomic E-state index is 5.40. The highest BCUT2D eigenvalue weighted by molar-refractivity contribution is 7.71. The van der Waals surface area contributed by atoms with Gasteiger partial charge in [0.05, 0.1) is 14.2 Å². The Hall–Kier alpha value is -2.34. The molecule has 0 spiro atoms. The Morgan fingerprint density at radius 3 is 2.50 bits per heavy atom. The van der Waals surface area contributed by atoms with Crippen LogP contribution in [0, 0.1) is 18.5 Å². The molecule has 0 amide bonds. The summed E-state index contributed by atoms with van der Waals surface area (Å²) in [6.07, 6.45) is 0. The molecular weight excluding hydrogens is 298 g/mol. The molecule has 3 aromatic rings. The molecule has 2 aromatic heterocycles. The van der Waals surface area contributed by atoms with Crippen molar-refractivity contribution in [1.82, 2.24) is 14.6 Å². The van der Waals surface area contributed by atoms with Gasteiger partial charge in [-0.05, 0) is 37.6 Å². The normalized spacial score (nSPS) is 10.9. The molecule has 5 nitrogen and oxygen atoms in total. The minimum atomic E-state index is 0.685. The van der Waals surface area contributed by atoms with Gasteiger partial charge in [-0.15, -0.1) is 0 Å². The Morgan fingerprint density at radius 1 is 1.09 bits per heavy atom. The quantitative estimate of drug-likeness (QED) is 0.749. The first-order valence-corrected chi connectivity index (χ1v) is 7.27. The number of aromatic nitrogens is 3. The molecule has 6 heteroatoms. The van der Waals surface area contributed by atoms with Crippen LogP contribution >= 0.6 is 12.2 Å². The van der Waals surface area contributed by atoms with E-state index in [2.05, 4.69) is 10.1 Å². The molecule has 1 N–H and O–H groups in total. The number of nitrogens with one attached hydrogen (secondary N) is 1. The average molecular weight is 315 g/mol. The van der Waals surface area contributed by atoms with Gasteiger partial charge in [0.2, 0.25) is 0 Å². The molecule has 0 fully saturated rings. The zero-order valence-electron chi connectivity index (χ0n) is 12.9. The smallest absolute Gasteiger partial charge is 0.162 e. The molecule has 0 bridgehead atoms. The predicted molar refractivity (Wildman–Crippen MR) is 88.4 cm³/mol. The lowest BCUT2D eigenvalue weighted by atomic mass is 10.1. The highest BCUT2D eigenvalue weighted by Gasteiger charge is 2.15. The number of hydrogen-bond acceptors (Lipinski definition) is 4. The van der Waals surface area contributed by atoms with Gasteiger partial charge in [-0.25, -0.2) is 9.50 Å². The first-order chi connectivity index (χ1) is 10.5. The zero-order chi connectivity index (χ0) is 15.9. The first kappa shape index (κ1) is 14.6. The molecule has 1 aromatic carbocycles. The molecule has 0 atom stereocenters. The van der Waals surface area contributed by atoms with Gasteiger partial charge in [0.1, 0.15) is 4.64 Å². The largest absolute Gasteiger partial charge is 0.493 e. The number of ether oxygens (including phenoxy) is 2. The van der Waals surface area contributed by atoms with Crippen molar-refractivity contribution in [2.24, 2.45) is 0 Å². The number of aromatic amines is 1. The summed E-state index contributed by atoms with van der Waals surface area (Å²) in [5, 5.41) is 3.27. The predicted octanol–water partition coefficient (Wildman–Crippen LogP) is 3.69. The highest BCUT2D eigenvalue weighted by Crippen LogP contribution is 2.35. The van der Waals surface area contributed by atoms with Crippen molar-refractivity contribution < 1.29 is 9.47 Å². The number of rotatable bonds is 3. The van der Waals surface area contributed by atoms with Crippen LogP contribution < -0.4 is 9.47 Å². The second-order valence-electron chi connectivity index (χ2n) is 5.08. The van der Waals surface area contributed by atoms with Crippen LogP contribution in [-0.4, -0.2) is 28.8 Å². The zero-order valence-corrected chi connectivity index (χ0v) is 13.7. The minimum Gasteiger partial charge on any atom is -0.493 e. The van der Waals surface area contributed by atoms with Crippen LogP contribution in [0.1, 0.15) is 11.4 Å². The van der Waals surface area contributed by atoms with E-state index in [9.17, 15) is 0 Å². The molecule has 0 aliphatic heterocycles. The Kier molecular flexibility index (Phi) is 3.62. The Morgan fingerprint density at radius 2 is 1.82 bits per heavy atom. The van der Waals surface area contributed by atoms with Crippen molar-refractivity contribution in [2.75, 3.05) is 14.2 Å². The summed E-state index contributed by atoms with van der Waals surface area (Å²) in [5.74, 6) is 1.38. The average Bonchev–Trinajstić information content (AvgIpc) is 2.83. The molecule has 114 valence electrons. The fraction of sp³-hybridized carbons (Fsp3) is 0.250. The molecule has 3 rings (SSSR count). The van der Waals surface area contributed by atoms with Crippen molar-refractivity contribution in [2.45, 2.75) is 13.8 Å². The van der Waals surface area contributed by atoms with E-state index < -0.39 is 0 Å². The number of methoxy groups -OCH3 is 2. The molecule has 0 saturated carbocycles. The van der Waals surface area contributed by atoms with E-state index in [0.29, 0.717) is 16.1 Å². The summed E-state index contributed by atoms with van der Waals surface area (Å²) in [7, 11) is 3.25. The SMILES string of the molecule is COc1ccc(-c2c(C)[nH]n3c(=S)cc(C)nc23)cc1OC. The number of nitrogens with zero attached hydrogens (tertiary/aromatic N) is 2. The maximum Gasteiger partial charge on any atom is 0.162 e. The van der Waals surface area contributed by atoms with Gasteiger partial charge in [0.25, 0.3) is 0 Å². The third kappa shape index (κ3) is 2.25. The summed E-state index contributed by atoms with van der Waals surface area (Å²) in [4.78, 5) is 4.62. The van der Waals surface area contributed by atoms with Crippen molar-refractivity contribution >= 4 is 17.9 Å². The van der Waals surface area contributed by atoms with Crippen molar-refractivity contribution in [3.8, 4) is 22.6 Å². The fourth-order valence-corrected chi connectivity index (χ4v) is 2.90. The fourth-order valence-electron chi connectivity index (χ4n) is 2.60. The molecule has 2 heterocycles. The molecule has 0 aliphatic carbocycles. The molecule has 0 aliphatic rings. The summed E-state index contributed by atoms with van der Waals surface area (Å²) in [6, 6.07) is 7.70. The lowest BCUT2D eigenvalue weighted by Gasteiger charge is -2.09. The van der Waals surface area contributed by atoms with Gasteiger partial charge >= 0.3 is 0 Å². The van der Waals surface area contributed by atoms with Crippen LogP contribution in [0.15, 0.2) is 24.3 Å². The molecule has 22 heavy (non-hydrogen) atoms. The summed E-state index contributed by atoms with van der Waals surface area (Å²) < 4.78 is 13.2. The second kappa shape index (κ2) is 5.46. The number of hydrogen-bond donors (Lipinski definition) is 1. The van der Waals surface area contributed by atoms with E-state index in [1.165, 1.54) is 0 Å². The standard InChI is InChI=1S/C16H17N3O2S/c1-9-7-14(22)19-16(17-9)15(10(2)18-19)11-5-6-12(20-3)13(8-11)21-4/h5-8,18H,1-4H3. The van der Waals surface area contributed by atoms with E-state index in [1.54, 1.807) is 14.2 Å². The van der Waals surface area contributed by atoms with Crippen LogP contribution in [0.5, 0.6) is 11.5 Å². The van der Waals surface area contributed by atoms with Crippen LogP contribution in [0.25, 0.3) is 16.8 Å². The number of H-pyrrole nitrogens is 1. The van der Waals surface area contributed by atoms with E-state index in [1.807, 2.05) is 42.6 Å². The molecular formula is C16H17N3O2S. The Bertz CT molecular complexity index is 912. The monoisotopic (exact) mass is 315 g/mol. The molecule has 0 unspecified atom stereocenters. The van der Waals surface area contributed by atoms with E-state index in [-0.39, 0.29) is 0 Å². The van der Waals surface area contributed by atoms with Gasteiger partial charge in [-0.1, -0.05) is 18.3 Å². The van der Waals surface area contributed by atoms with Gasteiger partial charge in [0.15, 0.2) is 17.1 Å². The summed E-state index contributed by atoms with van der Waals surface area (Å²) >= 11 is 5.40. The lowest BCUT2D eigenvalue weighted by Crippen LogP contribution is -1.94. The van der Waals surface area contributed by atoms with Crippen molar-refractivity contribution in [3.63, 3.8) is 0 Å². The topological polar surface area (TPSA) is 51.5 Å². The number of fused-ring (bicyclic) bond motifs is 1. The molecule has 0 radical (unpaired) electrons. The summed E-state index contributed by atoms with van der Waals surface area (Å²) in [6.45, 7) is 3.95. The van der Waals surface area contributed by atoms with Crippen molar-refractivity contribution in [3.05, 3.63) is 40.3 Å². The van der Waals surface area contributed by atoms with Gasteiger partial charge in [-0.2, -0.15) is 0 Å². The third-order valence-electron chi connectivity index (χ3n) is 3.60. The van der Waals surface area contributed by atoms with E-state index >= 15 is 0 Å².